The molecule has 1 unspecified atom stereocenters. The Morgan fingerprint density at radius 1 is 1.09 bits per heavy atom. The van der Waals surface area contributed by atoms with Gasteiger partial charge in [-0.2, -0.15) is 10.2 Å². The highest BCUT2D eigenvalue weighted by Crippen LogP contribution is 2.31. The zero-order chi connectivity index (χ0) is 23.2. The van der Waals surface area contributed by atoms with Crippen LogP contribution in [0, 0.1) is 23.0 Å². The summed E-state index contributed by atoms with van der Waals surface area (Å²) in [5, 5.41) is 9.29. The lowest BCUT2D eigenvalue weighted by Crippen LogP contribution is -2.57. The molecule has 0 amide bonds. The van der Waals surface area contributed by atoms with Gasteiger partial charge in [0, 0.05) is 38.3 Å². The summed E-state index contributed by atoms with van der Waals surface area (Å²) in [5.41, 5.74) is 1.68. The number of hydrogen-bond acceptors (Lipinski definition) is 6. The van der Waals surface area contributed by atoms with Crippen molar-refractivity contribution in [2.75, 3.05) is 18.0 Å². The lowest BCUT2D eigenvalue weighted by atomic mass is 10.0. The van der Waals surface area contributed by atoms with Gasteiger partial charge >= 0.3 is 5.69 Å². The van der Waals surface area contributed by atoms with Crippen molar-refractivity contribution in [1.82, 2.24) is 19.4 Å². The van der Waals surface area contributed by atoms with Gasteiger partial charge in [0.15, 0.2) is 17.5 Å². The van der Waals surface area contributed by atoms with E-state index in [4.69, 9.17) is 0 Å². The molecule has 3 heterocycles. The third kappa shape index (κ3) is 3.71. The Labute approximate surface area is 184 Å². The molecule has 1 aliphatic heterocycles. The molecule has 1 aromatic carbocycles. The van der Waals surface area contributed by atoms with Crippen molar-refractivity contribution in [3.63, 3.8) is 0 Å². The van der Waals surface area contributed by atoms with E-state index in [1.54, 1.807) is 25.2 Å². The van der Waals surface area contributed by atoms with Gasteiger partial charge in [0.05, 0.1) is 5.52 Å². The number of pyridine rings is 1. The van der Waals surface area contributed by atoms with Crippen molar-refractivity contribution in [3.8, 4) is 6.07 Å². The van der Waals surface area contributed by atoms with Gasteiger partial charge in [-0.1, -0.05) is 6.07 Å². The Kier molecular flexibility index (Phi) is 5.65. The molecule has 1 aliphatic rings. The number of nitriles is 1. The summed E-state index contributed by atoms with van der Waals surface area (Å²) in [6.07, 6.45) is 0. The fraction of sp³-hybridized carbons (Fsp3) is 0.391. The highest BCUT2D eigenvalue weighted by atomic mass is 19.2. The molecule has 32 heavy (non-hydrogen) atoms. The number of hydrogen-bond donors (Lipinski definition) is 0. The van der Waals surface area contributed by atoms with E-state index in [2.05, 4.69) is 14.9 Å². The van der Waals surface area contributed by atoms with Crippen LogP contribution in [0.2, 0.25) is 0 Å². The second kappa shape index (κ2) is 8.28. The van der Waals surface area contributed by atoms with Gasteiger partial charge in [0.25, 0.3) is 0 Å². The lowest BCUT2D eigenvalue weighted by Gasteiger charge is -2.47. The topological polar surface area (TPSA) is 78.0 Å². The number of nitrogens with zero attached hydrogens (tertiary/aromatic N) is 6. The molecule has 7 nitrogen and oxygen atoms in total. The number of benzene rings is 1. The van der Waals surface area contributed by atoms with E-state index in [-0.39, 0.29) is 23.8 Å². The van der Waals surface area contributed by atoms with Crippen molar-refractivity contribution in [2.24, 2.45) is 7.05 Å². The summed E-state index contributed by atoms with van der Waals surface area (Å²) in [6, 6.07) is 9.22. The maximum atomic E-state index is 13.8. The van der Waals surface area contributed by atoms with E-state index in [9.17, 15) is 18.8 Å². The minimum atomic E-state index is -0.861. The Balaban J connectivity index is 1.69. The third-order valence-corrected chi connectivity index (χ3v) is 6.28. The number of piperazine rings is 1. The standard InChI is InChI=1S/C23H24F2N6O/c1-13-12-31(14(2)11-30(13)15(3)16-5-7-18(24)19(25)9-16)22-21-20(29(4)23(32)28-22)8-6-17(10-26)27-21/h5-9,13-15H,11-12H2,1-4H3/t13-,14+,15?/m1/s1. The van der Waals surface area contributed by atoms with Crippen LogP contribution in [0.3, 0.4) is 0 Å². The van der Waals surface area contributed by atoms with Crippen LogP contribution in [0.4, 0.5) is 14.6 Å². The average molecular weight is 438 g/mol. The molecule has 4 rings (SSSR count). The van der Waals surface area contributed by atoms with Crippen molar-refractivity contribution >= 4 is 16.9 Å². The fourth-order valence-electron chi connectivity index (χ4n) is 4.42. The molecule has 3 atom stereocenters. The first kappa shape index (κ1) is 21.8. The summed E-state index contributed by atoms with van der Waals surface area (Å²) in [6.45, 7) is 7.22. The predicted molar refractivity (Wildman–Crippen MR) is 117 cm³/mol. The van der Waals surface area contributed by atoms with Gasteiger partial charge in [0.2, 0.25) is 0 Å². The number of aromatic nitrogens is 3. The number of fused-ring (bicyclic) bond motifs is 1. The van der Waals surface area contributed by atoms with E-state index >= 15 is 0 Å². The molecule has 3 aromatic rings. The second-order valence-electron chi connectivity index (χ2n) is 8.35. The van der Waals surface area contributed by atoms with E-state index in [0.717, 1.165) is 6.07 Å². The first-order valence-electron chi connectivity index (χ1n) is 10.5. The van der Waals surface area contributed by atoms with E-state index < -0.39 is 17.3 Å². The molecule has 0 radical (unpaired) electrons. The maximum absolute atomic E-state index is 13.8. The minimum absolute atomic E-state index is 0.0331. The molecule has 166 valence electrons. The van der Waals surface area contributed by atoms with Gasteiger partial charge in [-0.25, -0.2) is 18.6 Å². The summed E-state index contributed by atoms with van der Waals surface area (Å²) >= 11 is 0. The van der Waals surface area contributed by atoms with Crippen LogP contribution >= 0.6 is 0 Å². The van der Waals surface area contributed by atoms with Crippen LogP contribution in [0.1, 0.15) is 38.1 Å². The molecule has 9 heteroatoms. The van der Waals surface area contributed by atoms with Crippen LogP contribution in [0.5, 0.6) is 0 Å². The third-order valence-electron chi connectivity index (χ3n) is 6.28. The SMILES string of the molecule is CC(c1ccc(F)c(F)c1)N1C[C@H](C)N(c2nc(=O)n(C)c3ccc(C#N)nc23)C[C@H]1C. The van der Waals surface area contributed by atoms with E-state index in [0.29, 0.717) is 35.5 Å². The Morgan fingerprint density at radius 3 is 2.53 bits per heavy atom. The van der Waals surface area contributed by atoms with Crippen LogP contribution in [-0.4, -0.2) is 44.6 Å². The lowest BCUT2D eigenvalue weighted by molar-refractivity contribution is 0.119. The monoisotopic (exact) mass is 438 g/mol. The first-order chi connectivity index (χ1) is 15.2. The number of aryl methyl sites for hydroxylation is 1. The van der Waals surface area contributed by atoms with Crippen LogP contribution in [0.25, 0.3) is 11.0 Å². The van der Waals surface area contributed by atoms with Crippen LogP contribution < -0.4 is 10.6 Å². The van der Waals surface area contributed by atoms with Gasteiger partial charge in [0.1, 0.15) is 17.3 Å². The van der Waals surface area contributed by atoms with E-state index in [1.807, 2.05) is 31.7 Å². The Morgan fingerprint density at radius 2 is 1.84 bits per heavy atom. The summed E-state index contributed by atoms with van der Waals surface area (Å²) in [4.78, 5) is 25.5. The minimum Gasteiger partial charge on any atom is -0.349 e. The molecule has 0 saturated carbocycles. The molecule has 1 fully saturated rings. The molecule has 0 aliphatic carbocycles. The van der Waals surface area contributed by atoms with Gasteiger partial charge in [-0.15, -0.1) is 0 Å². The smallest absolute Gasteiger partial charge is 0.349 e. The normalized spacial score (nSPS) is 20.3. The molecular formula is C23H24F2N6O. The van der Waals surface area contributed by atoms with Crippen molar-refractivity contribution < 1.29 is 8.78 Å². The van der Waals surface area contributed by atoms with Crippen LogP contribution in [-0.2, 0) is 7.05 Å². The molecule has 0 bridgehead atoms. The van der Waals surface area contributed by atoms with Gasteiger partial charge < -0.3 is 4.90 Å². The Hall–Kier alpha value is -3.38. The molecule has 0 N–H and O–H groups in total. The number of rotatable bonds is 3. The summed E-state index contributed by atoms with van der Waals surface area (Å²) < 4.78 is 28.6. The number of halogens is 2. The number of anilines is 1. The Bertz CT molecular complexity index is 1280. The fourth-order valence-corrected chi connectivity index (χ4v) is 4.42. The van der Waals surface area contributed by atoms with E-state index in [1.165, 1.54) is 10.6 Å². The van der Waals surface area contributed by atoms with Gasteiger partial charge in [-0.3, -0.25) is 9.47 Å². The van der Waals surface area contributed by atoms with Gasteiger partial charge in [-0.05, 0) is 50.6 Å². The summed E-state index contributed by atoms with van der Waals surface area (Å²) in [5.74, 6) is -1.26. The largest absolute Gasteiger partial charge is 0.349 e. The summed E-state index contributed by atoms with van der Waals surface area (Å²) in [7, 11) is 1.63. The van der Waals surface area contributed by atoms with Crippen molar-refractivity contribution in [2.45, 2.75) is 38.9 Å². The maximum Gasteiger partial charge on any atom is 0.349 e. The van der Waals surface area contributed by atoms with Crippen molar-refractivity contribution in [1.29, 1.82) is 5.26 Å². The first-order valence-corrected chi connectivity index (χ1v) is 10.5. The molecule has 0 spiro atoms. The highest BCUT2D eigenvalue weighted by molar-refractivity contribution is 5.86. The predicted octanol–water partition coefficient (Wildman–Crippen LogP) is 3.14. The average Bonchev–Trinajstić information content (AvgIpc) is 2.78. The zero-order valence-electron chi connectivity index (χ0n) is 18.4. The quantitative estimate of drug-likeness (QED) is 0.625. The highest BCUT2D eigenvalue weighted by Gasteiger charge is 2.34. The van der Waals surface area contributed by atoms with Crippen LogP contribution in [0.15, 0.2) is 35.1 Å². The second-order valence-corrected chi connectivity index (χ2v) is 8.35. The molecular weight excluding hydrogens is 414 g/mol. The molecule has 1 saturated heterocycles. The van der Waals surface area contributed by atoms with Crippen molar-refractivity contribution in [3.05, 3.63) is 63.7 Å². The molecule has 2 aromatic heterocycles. The zero-order valence-corrected chi connectivity index (χ0v) is 18.4.